The number of carboxylic acid groups (broad SMARTS) is 1. The second-order valence-corrected chi connectivity index (χ2v) is 5.97. The van der Waals surface area contributed by atoms with E-state index in [1.807, 2.05) is 25.1 Å². The fourth-order valence-electron chi connectivity index (χ4n) is 1.91. The Balaban J connectivity index is 3.29. The maximum absolute atomic E-state index is 10.9. The molecule has 1 N–H and O–H groups in total. The number of ether oxygens (including phenoxy) is 1. The molecule has 3 heteroatoms. The van der Waals surface area contributed by atoms with E-state index in [-0.39, 0.29) is 5.41 Å². The lowest BCUT2D eigenvalue weighted by molar-refractivity contribution is -0.131. The van der Waals surface area contributed by atoms with Gasteiger partial charge in [0.15, 0.2) is 0 Å². The van der Waals surface area contributed by atoms with E-state index in [2.05, 4.69) is 20.8 Å². The van der Waals surface area contributed by atoms with Crippen LogP contribution in [0.4, 0.5) is 0 Å². The molecule has 0 atom stereocenters. The van der Waals surface area contributed by atoms with E-state index in [1.165, 1.54) is 6.08 Å². The van der Waals surface area contributed by atoms with E-state index < -0.39 is 5.97 Å². The van der Waals surface area contributed by atoms with E-state index >= 15 is 0 Å². The second-order valence-electron chi connectivity index (χ2n) is 5.97. The molecule has 0 aliphatic rings. The lowest BCUT2D eigenvalue weighted by Gasteiger charge is -2.21. The molecule has 0 saturated carbocycles. The first-order valence-corrected chi connectivity index (χ1v) is 6.94. The molecule has 3 nitrogen and oxygen atoms in total. The molecule has 1 aromatic carbocycles. The molecule has 0 aliphatic carbocycles. The monoisotopic (exact) mass is 276 g/mol. The molecule has 1 aromatic rings. The number of hydrogen-bond donors (Lipinski definition) is 1. The first-order valence-electron chi connectivity index (χ1n) is 6.94. The van der Waals surface area contributed by atoms with Crippen LogP contribution in [0.1, 0.15) is 52.2 Å². The van der Waals surface area contributed by atoms with Gasteiger partial charge in [-0.15, -0.1) is 0 Å². The van der Waals surface area contributed by atoms with Crippen molar-refractivity contribution in [1.29, 1.82) is 0 Å². The summed E-state index contributed by atoms with van der Waals surface area (Å²) in [5.41, 5.74) is 2.74. The van der Waals surface area contributed by atoms with Gasteiger partial charge >= 0.3 is 5.97 Å². The number of hydrogen-bond acceptors (Lipinski definition) is 2. The highest BCUT2D eigenvalue weighted by atomic mass is 16.5. The highest BCUT2D eigenvalue weighted by Crippen LogP contribution is 2.32. The zero-order valence-electron chi connectivity index (χ0n) is 13.0. The molecular formula is C17H24O3. The van der Waals surface area contributed by atoms with Gasteiger partial charge in [0.2, 0.25) is 0 Å². The molecular weight excluding hydrogens is 252 g/mol. The van der Waals surface area contributed by atoms with Gasteiger partial charge in [0.05, 0.1) is 6.61 Å². The van der Waals surface area contributed by atoms with Gasteiger partial charge in [0.25, 0.3) is 0 Å². The van der Waals surface area contributed by atoms with Crippen molar-refractivity contribution in [2.45, 2.75) is 46.5 Å². The minimum atomic E-state index is -0.940. The fraction of sp³-hybridized carbons (Fsp3) is 0.471. The largest absolute Gasteiger partial charge is 0.493 e. The molecule has 0 unspecified atom stereocenters. The summed E-state index contributed by atoms with van der Waals surface area (Å²) in [6.45, 7) is 10.9. The molecule has 0 aliphatic heterocycles. The summed E-state index contributed by atoms with van der Waals surface area (Å²) in [6.07, 6.45) is 2.14. The van der Waals surface area contributed by atoms with Crippen molar-refractivity contribution >= 4 is 11.5 Å². The normalized spacial score (nSPS) is 12.3. The molecule has 0 amide bonds. The van der Waals surface area contributed by atoms with Gasteiger partial charge in [-0.1, -0.05) is 33.8 Å². The molecule has 0 aromatic heterocycles. The summed E-state index contributed by atoms with van der Waals surface area (Å²) in [6, 6.07) is 6.01. The quantitative estimate of drug-likeness (QED) is 0.817. The van der Waals surface area contributed by atoms with E-state index in [0.717, 1.165) is 23.3 Å². The lowest BCUT2D eigenvalue weighted by Crippen LogP contribution is -2.12. The SMILES string of the molecule is CCCOc1ccc(C(C)(C)C)cc1/C(C)=C/C(=O)O. The Hall–Kier alpha value is -1.77. The van der Waals surface area contributed by atoms with Gasteiger partial charge < -0.3 is 9.84 Å². The standard InChI is InChI=1S/C17H24O3/c1-6-9-20-15-8-7-13(17(3,4)5)11-14(15)12(2)10-16(18)19/h7-8,10-11H,6,9H2,1-5H3,(H,18,19)/b12-10+. The summed E-state index contributed by atoms with van der Waals surface area (Å²) in [7, 11) is 0. The van der Waals surface area contributed by atoms with Crippen LogP contribution in [0.5, 0.6) is 5.75 Å². The summed E-state index contributed by atoms with van der Waals surface area (Å²) < 4.78 is 5.72. The molecule has 0 heterocycles. The van der Waals surface area contributed by atoms with Crippen LogP contribution < -0.4 is 4.74 Å². The Kier molecular flexibility index (Phi) is 5.37. The summed E-state index contributed by atoms with van der Waals surface area (Å²) in [4.78, 5) is 10.9. The summed E-state index contributed by atoms with van der Waals surface area (Å²) >= 11 is 0. The third-order valence-electron chi connectivity index (χ3n) is 3.07. The maximum atomic E-state index is 10.9. The molecule has 20 heavy (non-hydrogen) atoms. The maximum Gasteiger partial charge on any atom is 0.328 e. The molecule has 0 radical (unpaired) electrons. The Morgan fingerprint density at radius 2 is 2.00 bits per heavy atom. The van der Waals surface area contributed by atoms with Crippen LogP contribution in [0.15, 0.2) is 24.3 Å². The van der Waals surface area contributed by atoms with Crippen molar-refractivity contribution < 1.29 is 14.6 Å². The van der Waals surface area contributed by atoms with E-state index in [9.17, 15) is 4.79 Å². The van der Waals surface area contributed by atoms with Gasteiger partial charge in [0.1, 0.15) is 5.75 Å². The van der Waals surface area contributed by atoms with Crippen LogP contribution in [0.2, 0.25) is 0 Å². The van der Waals surface area contributed by atoms with Crippen LogP contribution in [-0.2, 0) is 10.2 Å². The fourth-order valence-corrected chi connectivity index (χ4v) is 1.91. The second kappa shape index (κ2) is 6.60. The first-order chi connectivity index (χ1) is 9.25. The summed E-state index contributed by atoms with van der Waals surface area (Å²) in [5.74, 6) is -0.194. The van der Waals surface area contributed by atoms with E-state index in [4.69, 9.17) is 9.84 Å². The summed E-state index contributed by atoms with van der Waals surface area (Å²) in [5, 5.41) is 8.92. The van der Waals surface area contributed by atoms with Crippen molar-refractivity contribution in [3.8, 4) is 5.75 Å². The van der Waals surface area contributed by atoms with Crippen molar-refractivity contribution in [1.82, 2.24) is 0 Å². The van der Waals surface area contributed by atoms with Gasteiger partial charge in [-0.2, -0.15) is 0 Å². The topological polar surface area (TPSA) is 46.5 Å². The van der Waals surface area contributed by atoms with Crippen molar-refractivity contribution in [2.24, 2.45) is 0 Å². The van der Waals surface area contributed by atoms with E-state index in [0.29, 0.717) is 12.2 Å². The third-order valence-corrected chi connectivity index (χ3v) is 3.07. The van der Waals surface area contributed by atoms with Crippen LogP contribution in [-0.4, -0.2) is 17.7 Å². The molecule has 0 saturated heterocycles. The molecule has 0 spiro atoms. The zero-order valence-corrected chi connectivity index (χ0v) is 13.0. The number of allylic oxidation sites excluding steroid dienone is 1. The van der Waals surface area contributed by atoms with Crippen molar-refractivity contribution in [3.05, 3.63) is 35.4 Å². The molecule has 1 rings (SSSR count). The zero-order chi connectivity index (χ0) is 15.3. The first kappa shape index (κ1) is 16.3. The van der Waals surface area contributed by atoms with Gasteiger partial charge in [-0.05, 0) is 42.0 Å². The smallest absolute Gasteiger partial charge is 0.328 e. The number of benzene rings is 1. The average molecular weight is 276 g/mol. The van der Waals surface area contributed by atoms with Crippen LogP contribution in [0.25, 0.3) is 5.57 Å². The van der Waals surface area contributed by atoms with Gasteiger partial charge in [-0.25, -0.2) is 4.79 Å². The van der Waals surface area contributed by atoms with Crippen molar-refractivity contribution in [2.75, 3.05) is 6.61 Å². The number of rotatable bonds is 5. The highest BCUT2D eigenvalue weighted by molar-refractivity contribution is 5.90. The van der Waals surface area contributed by atoms with Crippen molar-refractivity contribution in [3.63, 3.8) is 0 Å². The predicted molar refractivity (Wildman–Crippen MR) is 82.2 cm³/mol. The minimum absolute atomic E-state index is 0.0154. The van der Waals surface area contributed by atoms with E-state index in [1.54, 1.807) is 6.92 Å². The molecule has 110 valence electrons. The Labute approximate surface area is 121 Å². The Morgan fingerprint density at radius 1 is 1.35 bits per heavy atom. The molecule has 0 bridgehead atoms. The van der Waals surface area contributed by atoms with Crippen LogP contribution in [0, 0.1) is 0 Å². The van der Waals surface area contributed by atoms with Gasteiger partial charge in [0, 0.05) is 11.6 Å². The average Bonchev–Trinajstić information content (AvgIpc) is 2.34. The van der Waals surface area contributed by atoms with Crippen LogP contribution >= 0.6 is 0 Å². The number of carboxylic acids is 1. The molecule has 0 fully saturated rings. The predicted octanol–water partition coefficient (Wildman–Crippen LogP) is 4.26. The minimum Gasteiger partial charge on any atom is -0.493 e. The Morgan fingerprint density at radius 3 is 2.50 bits per heavy atom. The number of carbonyl (C=O) groups is 1. The van der Waals surface area contributed by atoms with Gasteiger partial charge in [-0.3, -0.25) is 0 Å². The highest BCUT2D eigenvalue weighted by Gasteiger charge is 2.17. The van der Waals surface area contributed by atoms with Crippen LogP contribution in [0.3, 0.4) is 0 Å². The lowest BCUT2D eigenvalue weighted by atomic mass is 9.85. The number of aliphatic carboxylic acids is 1. The Bertz CT molecular complexity index is 507. The third kappa shape index (κ3) is 4.41.